The lowest BCUT2D eigenvalue weighted by molar-refractivity contribution is -0.139. The van der Waals surface area contributed by atoms with E-state index in [2.05, 4.69) is 6.58 Å². The van der Waals surface area contributed by atoms with Crippen molar-refractivity contribution in [2.45, 2.75) is 36.9 Å². The van der Waals surface area contributed by atoms with Crippen LogP contribution < -0.4 is 0 Å². The second-order valence-electron chi connectivity index (χ2n) is 3.31. The Morgan fingerprint density at radius 2 is 1.33 bits per heavy atom. The standard InChI is InChI=1S/C9H18O6/c1-2-3-5(11)7(13)9(15)8(14)6(12)4-10/h2,5-15H,1,3-4H2/t5?,6-,7-,8-,9-/m1/s1. The Hall–Kier alpha value is -0.500. The van der Waals surface area contributed by atoms with Crippen LogP contribution in [0.15, 0.2) is 12.7 Å². The molecule has 0 spiro atoms. The maximum Gasteiger partial charge on any atom is 0.111 e. The first-order valence-electron chi connectivity index (χ1n) is 4.57. The lowest BCUT2D eigenvalue weighted by atomic mass is 9.98. The number of aliphatic hydroxyl groups is 6. The van der Waals surface area contributed by atoms with Crippen LogP contribution in [-0.4, -0.2) is 67.8 Å². The zero-order valence-electron chi connectivity index (χ0n) is 8.27. The molecule has 0 saturated carbocycles. The molecule has 0 amide bonds. The molecule has 0 rings (SSSR count). The number of aliphatic hydroxyl groups excluding tert-OH is 6. The van der Waals surface area contributed by atoms with Crippen LogP contribution in [0.25, 0.3) is 0 Å². The van der Waals surface area contributed by atoms with E-state index >= 15 is 0 Å². The van der Waals surface area contributed by atoms with Gasteiger partial charge in [0.2, 0.25) is 0 Å². The summed E-state index contributed by atoms with van der Waals surface area (Å²) >= 11 is 0. The van der Waals surface area contributed by atoms with Crippen LogP contribution in [0.2, 0.25) is 0 Å². The van der Waals surface area contributed by atoms with Crippen LogP contribution in [0.3, 0.4) is 0 Å². The van der Waals surface area contributed by atoms with Crippen molar-refractivity contribution in [3.8, 4) is 0 Å². The Kier molecular flexibility index (Phi) is 6.66. The van der Waals surface area contributed by atoms with E-state index < -0.39 is 37.1 Å². The highest BCUT2D eigenvalue weighted by atomic mass is 16.4. The Morgan fingerprint density at radius 3 is 1.73 bits per heavy atom. The molecule has 6 N–H and O–H groups in total. The molecule has 0 aromatic rings. The highest BCUT2D eigenvalue weighted by Crippen LogP contribution is 2.10. The van der Waals surface area contributed by atoms with E-state index in [4.69, 9.17) is 10.2 Å². The number of hydrogen-bond donors (Lipinski definition) is 6. The summed E-state index contributed by atoms with van der Waals surface area (Å²) in [6.45, 7) is 2.59. The summed E-state index contributed by atoms with van der Waals surface area (Å²) in [5, 5.41) is 54.6. The van der Waals surface area contributed by atoms with Crippen molar-refractivity contribution in [1.29, 1.82) is 0 Å². The molecule has 6 nitrogen and oxygen atoms in total. The highest BCUT2D eigenvalue weighted by Gasteiger charge is 2.33. The smallest absolute Gasteiger partial charge is 0.111 e. The molecule has 0 bridgehead atoms. The summed E-state index contributed by atoms with van der Waals surface area (Å²) in [4.78, 5) is 0. The fraction of sp³-hybridized carbons (Fsp3) is 0.778. The van der Waals surface area contributed by atoms with Gasteiger partial charge in [-0.05, 0) is 6.42 Å². The molecular weight excluding hydrogens is 204 g/mol. The van der Waals surface area contributed by atoms with Gasteiger partial charge in [0, 0.05) is 0 Å². The normalized spacial score (nSPS) is 21.5. The summed E-state index contributed by atoms with van der Waals surface area (Å²) in [6.07, 6.45) is -6.52. The van der Waals surface area contributed by atoms with Gasteiger partial charge in [-0.1, -0.05) is 6.08 Å². The minimum absolute atomic E-state index is 0.0418. The lowest BCUT2D eigenvalue weighted by Gasteiger charge is -2.28. The van der Waals surface area contributed by atoms with Crippen molar-refractivity contribution >= 4 is 0 Å². The van der Waals surface area contributed by atoms with Gasteiger partial charge < -0.3 is 30.6 Å². The largest absolute Gasteiger partial charge is 0.394 e. The zero-order valence-corrected chi connectivity index (χ0v) is 8.27. The Labute approximate surface area is 87.7 Å². The molecular formula is C9H18O6. The van der Waals surface area contributed by atoms with Crippen molar-refractivity contribution < 1.29 is 30.6 Å². The summed E-state index contributed by atoms with van der Waals surface area (Å²) in [6, 6.07) is 0. The van der Waals surface area contributed by atoms with Gasteiger partial charge in [-0.2, -0.15) is 0 Å². The van der Waals surface area contributed by atoms with Crippen molar-refractivity contribution in [2.24, 2.45) is 0 Å². The van der Waals surface area contributed by atoms with Crippen LogP contribution in [0.5, 0.6) is 0 Å². The molecule has 6 heteroatoms. The van der Waals surface area contributed by atoms with Gasteiger partial charge in [0.05, 0.1) is 12.7 Å². The van der Waals surface area contributed by atoms with Crippen molar-refractivity contribution in [2.75, 3.05) is 6.61 Å². The predicted octanol–water partition coefficient (Wildman–Crippen LogP) is -2.64. The molecule has 0 aromatic heterocycles. The number of rotatable bonds is 7. The first-order chi connectivity index (χ1) is 6.95. The van der Waals surface area contributed by atoms with Crippen LogP contribution >= 0.6 is 0 Å². The maximum atomic E-state index is 9.33. The average molecular weight is 222 g/mol. The fourth-order valence-corrected chi connectivity index (χ4v) is 1.08. The van der Waals surface area contributed by atoms with E-state index in [0.717, 1.165) is 0 Å². The van der Waals surface area contributed by atoms with Gasteiger partial charge in [-0.25, -0.2) is 0 Å². The van der Waals surface area contributed by atoms with E-state index in [1.165, 1.54) is 6.08 Å². The van der Waals surface area contributed by atoms with Crippen LogP contribution in [0.1, 0.15) is 6.42 Å². The minimum atomic E-state index is -1.73. The summed E-state index contributed by atoms with van der Waals surface area (Å²) in [7, 11) is 0. The fourth-order valence-electron chi connectivity index (χ4n) is 1.08. The van der Waals surface area contributed by atoms with E-state index in [1.54, 1.807) is 0 Å². The molecule has 1 unspecified atom stereocenters. The van der Waals surface area contributed by atoms with Crippen LogP contribution in [-0.2, 0) is 0 Å². The lowest BCUT2D eigenvalue weighted by Crippen LogP contribution is -2.49. The molecule has 0 heterocycles. The second-order valence-corrected chi connectivity index (χ2v) is 3.31. The SMILES string of the molecule is C=CCC(O)[C@@H](O)[C@@H](O)[C@H](O)[C@H](O)CO. The molecule has 0 aromatic carbocycles. The molecule has 0 aliphatic rings. The summed E-state index contributed by atoms with van der Waals surface area (Å²) in [5.41, 5.74) is 0. The molecule has 0 radical (unpaired) electrons. The van der Waals surface area contributed by atoms with Gasteiger partial charge in [-0.15, -0.1) is 6.58 Å². The summed E-state index contributed by atoms with van der Waals surface area (Å²) < 4.78 is 0. The van der Waals surface area contributed by atoms with Crippen LogP contribution in [0, 0.1) is 0 Å². The maximum absolute atomic E-state index is 9.33. The molecule has 15 heavy (non-hydrogen) atoms. The van der Waals surface area contributed by atoms with Crippen molar-refractivity contribution in [3.05, 3.63) is 12.7 Å². The van der Waals surface area contributed by atoms with Gasteiger partial charge >= 0.3 is 0 Å². The Bertz CT molecular complexity index is 185. The third-order valence-corrected chi connectivity index (χ3v) is 2.08. The predicted molar refractivity (Wildman–Crippen MR) is 51.9 cm³/mol. The highest BCUT2D eigenvalue weighted by molar-refractivity contribution is 4.87. The van der Waals surface area contributed by atoms with Gasteiger partial charge in [-0.3, -0.25) is 0 Å². The molecule has 0 fully saturated rings. The topological polar surface area (TPSA) is 121 Å². The van der Waals surface area contributed by atoms with Crippen molar-refractivity contribution in [3.63, 3.8) is 0 Å². The van der Waals surface area contributed by atoms with E-state index in [-0.39, 0.29) is 6.42 Å². The third-order valence-electron chi connectivity index (χ3n) is 2.08. The molecule has 0 aliphatic carbocycles. The molecule has 0 aliphatic heterocycles. The first-order valence-corrected chi connectivity index (χ1v) is 4.57. The van der Waals surface area contributed by atoms with Crippen molar-refractivity contribution in [1.82, 2.24) is 0 Å². The molecule has 0 saturated heterocycles. The van der Waals surface area contributed by atoms with E-state index in [1.807, 2.05) is 0 Å². The van der Waals surface area contributed by atoms with E-state index in [0.29, 0.717) is 0 Å². The second kappa shape index (κ2) is 6.89. The molecule has 90 valence electrons. The quantitative estimate of drug-likeness (QED) is 0.262. The molecule has 5 atom stereocenters. The zero-order chi connectivity index (χ0) is 12.0. The average Bonchev–Trinajstić information content (AvgIpc) is 2.25. The monoisotopic (exact) mass is 222 g/mol. The Morgan fingerprint density at radius 1 is 0.867 bits per heavy atom. The first kappa shape index (κ1) is 14.5. The van der Waals surface area contributed by atoms with Gasteiger partial charge in [0.25, 0.3) is 0 Å². The van der Waals surface area contributed by atoms with E-state index in [9.17, 15) is 20.4 Å². The van der Waals surface area contributed by atoms with Gasteiger partial charge in [0.15, 0.2) is 0 Å². The number of hydrogen-bond acceptors (Lipinski definition) is 6. The minimum Gasteiger partial charge on any atom is -0.394 e. The third kappa shape index (κ3) is 4.25. The summed E-state index contributed by atoms with van der Waals surface area (Å²) in [5.74, 6) is 0. The Balaban J connectivity index is 4.28. The van der Waals surface area contributed by atoms with Gasteiger partial charge in [0.1, 0.15) is 24.4 Å². The van der Waals surface area contributed by atoms with Crippen LogP contribution in [0.4, 0.5) is 0 Å².